The number of rotatable bonds is 40. The molecule has 0 amide bonds. The van der Waals surface area contributed by atoms with E-state index < -0.39 is 36.5 Å². The molecule has 2 N–H and O–H groups in total. The van der Waals surface area contributed by atoms with Gasteiger partial charge in [-0.3, -0.25) is 24.1 Å². The number of hydrogen-bond donors (Lipinski definition) is 2. The maximum atomic E-state index is 12.7. The van der Waals surface area contributed by atoms with Crippen LogP contribution in [0.1, 0.15) is 163 Å². The van der Waals surface area contributed by atoms with E-state index in [4.69, 9.17) is 38.6 Å². The van der Waals surface area contributed by atoms with Gasteiger partial charge >= 0.3 is 36.2 Å². The van der Waals surface area contributed by atoms with Crippen molar-refractivity contribution in [2.24, 2.45) is 0 Å². The monoisotopic (exact) mass is 847 g/mol. The molecule has 344 valence electrons. The van der Waals surface area contributed by atoms with Crippen molar-refractivity contribution in [3.05, 3.63) is 0 Å². The zero-order valence-electron chi connectivity index (χ0n) is 36.8. The summed E-state index contributed by atoms with van der Waals surface area (Å²) in [6.45, 7) is 12.7. The fourth-order valence-corrected chi connectivity index (χ4v) is 6.20. The Morgan fingerprint density at radius 3 is 1.19 bits per heavy atom. The molecular formula is C43H78N2O14. The SMILES string of the molecule is CCCCCCCOC(=O)CCCC(CCCC(=O)O)OC(=O)OCCN(CCOC(=O)OC(CCCC(=O)O)CCCC(=O)OCCCCCC)CCN(CC)CC. The van der Waals surface area contributed by atoms with Gasteiger partial charge in [0.2, 0.25) is 0 Å². The number of hydrogen-bond acceptors (Lipinski definition) is 14. The number of aliphatic carboxylic acids is 2. The molecule has 0 rings (SSSR count). The van der Waals surface area contributed by atoms with Crippen LogP contribution >= 0.6 is 0 Å². The Kier molecular flexibility index (Phi) is 36.1. The number of carboxylic acid groups (broad SMARTS) is 2. The van der Waals surface area contributed by atoms with E-state index in [1.165, 1.54) is 0 Å². The maximum absolute atomic E-state index is 12.7. The second-order valence-electron chi connectivity index (χ2n) is 14.8. The third kappa shape index (κ3) is 36.0. The molecule has 0 radical (unpaired) electrons. The lowest BCUT2D eigenvalue weighted by atomic mass is 10.1. The second-order valence-corrected chi connectivity index (χ2v) is 14.8. The van der Waals surface area contributed by atoms with Crippen LogP contribution in [-0.4, -0.2) is 134 Å². The third-order valence-corrected chi connectivity index (χ3v) is 9.83. The molecule has 0 bridgehead atoms. The minimum absolute atomic E-state index is 0.0131. The molecule has 0 aliphatic heterocycles. The molecule has 2 unspecified atom stereocenters. The number of carbonyl (C=O) groups excluding carboxylic acids is 4. The van der Waals surface area contributed by atoms with Crippen molar-refractivity contribution < 1.29 is 67.4 Å². The zero-order valence-corrected chi connectivity index (χ0v) is 36.8. The van der Waals surface area contributed by atoms with E-state index in [0.29, 0.717) is 84.2 Å². The Balaban J connectivity index is 5.06. The highest BCUT2D eigenvalue weighted by Crippen LogP contribution is 2.16. The summed E-state index contributed by atoms with van der Waals surface area (Å²) in [6.07, 6.45) is 9.16. The number of unbranched alkanes of at least 4 members (excludes halogenated alkanes) is 7. The van der Waals surface area contributed by atoms with Crippen molar-refractivity contribution >= 4 is 36.2 Å². The average molecular weight is 847 g/mol. The van der Waals surface area contributed by atoms with E-state index >= 15 is 0 Å². The van der Waals surface area contributed by atoms with Crippen molar-refractivity contribution in [3.63, 3.8) is 0 Å². The van der Waals surface area contributed by atoms with Gasteiger partial charge in [0.25, 0.3) is 0 Å². The van der Waals surface area contributed by atoms with E-state index in [1.54, 1.807) is 0 Å². The molecule has 0 aliphatic carbocycles. The molecule has 0 heterocycles. The van der Waals surface area contributed by atoms with Gasteiger partial charge in [-0.2, -0.15) is 0 Å². The maximum Gasteiger partial charge on any atom is 0.508 e. The number of carboxylic acids is 2. The zero-order chi connectivity index (χ0) is 43.9. The molecule has 0 aromatic rings. The van der Waals surface area contributed by atoms with Crippen LogP contribution in [-0.2, 0) is 47.6 Å². The minimum atomic E-state index is -0.951. The van der Waals surface area contributed by atoms with Crippen LogP contribution in [0, 0.1) is 0 Å². The van der Waals surface area contributed by atoms with Gasteiger partial charge in [-0.05, 0) is 77.3 Å². The number of carbonyl (C=O) groups is 6. The lowest BCUT2D eigenvalue weighted by Crippen LogP contribution is -2.39. The molecule has 2 atom stereocenters. The summed E-state index contributed by atoms with van der Waals surface area (Å²) in [7, 11) is 0. The summed E-state index contributed by atoms with van der Waals surface area (Å²) < 4.78 is 32.5. The Hall–Kier alpha value is -3.66. The first-order valence-electron chi connectivity index (χ1n) is 22.3. The number of esters is 2. The van der Waals surface area contributed by atoms with Crippen LogP contribution in [0.3, 0.4) is 0 Å². The highest BCUT2D eigenvalue weighted by Gasteiger charge is 2.20. The smallest absolute Gasteiger partial charge is 0.481 e. The molecule has 0 aromatic heterocycles. The largest absolute Gasteiger partial charge is 0.508 e. The predicted octanol–water partition coefficient (Wildman–Crippen LogP) is 8.16. The van der Waals surface area contributed by atoms with Crippen LogP contribution in [0.25, 0.3) is 0 Å². The lowest BCUT2D eigenvalue weighted by Gasteiger charge is -2.26. The molecule has 0 aromatic carbocycles. The highest BCUT2D eigenvalue weighted by molar-refractivity contribution is 5.69. The van der Waals surface area contributed by atoms with Gasteiger partial charge in [0.15, 0.2) is 0 Å². The molecule has 0 saturated heterocycles. The summed E-state index contributed by atoms with van der Waals surface area (Å²) in [5, 5.41) is 18.2. The van der Waals surface area contributed by atoms with Gasteiger partial charge in [-0.25, -0.2) is 9.59 Å². The summed E-state index contributed by atoms with van der Waals surface area (Å²) in [6, 6.07) is 0. The van der Waals surface area contributed by atoms with Crippen molar-refractivity contribution in [2.75, 3.05) is 65.7 Å². The van der Waals surface area contributed by atoms with Crippen LogP contribution in [0.15, 0.2) is 0 Å². The van der Waals surface area contributed by atoms with E-state index in [-0.39, 0.29) is 50.8 Å². The molecule has 0 saturated carbocycles. The van der Waals surface area contributed by atoms with E-state index in [9.17, 15) is 28.8 Å². The van der Waals surface area contributed by atoms with Gasteiger partial charge in [0, 0.05) is 51.9 Å². The van der Waals surface area contributed by atoms with Crippen LogP contribution in [0.2, 0.25) is 0 Å². The first-order valence-corrected chi connectivity index (χ1v) is 22.3. The Morgan fingerprint density at radius 2 is 0.797 bits per heavy atom. The van der Waals surface area contributed by atoms with Gasteiger partial charge in [0.05, 0.1) is 13.2 Å². The normalized spacial score (nSPS) is 12.2. The molecule has 59 heavy (non-hydrogen) atoms. The van der Waals surface area contributed by atoms with Crippen molar-refractivity contribution in [1.29, 1.82) is 0 Å². The Morgan fingerprint density at radius 1 is 0.424 bits per heavy atom. The Bertz CT molecular complexity index is 1120. The van der Waals surface area contributed by atoms with Crippen LogP contribution in [0.4, 0.5) is 9.59 Å². The molecular weight excluding hydrogens is 768 g/mol. The molecule has 16 nitrogen and oxygen atoms in total. The summed E-state index contributed by atoms with van der Waals surface area (Å²) in [5.41, 5.74) is 0. The van der Waals surface area contributed by atoms with E-state index in [0.717, 1.165) is 77.4 Å². The first kappa shape index (κ1) is 55.3. The fraction of sp³-hybridized carbons (Fsp3) is 0.860. The summed E-state index contributed by atoms with van der Waals surface area (Å²) in [5.74, 6) is -2.53. The van der Waals surface area contributed by atoms with Crippen molar-refractivity contribution in [2.45, 2.75) is 175 Å². The molecule has 0 fully saturated rings. The van der Waals surface area contributed by atoms with Gasteiger partial charge in [-0.1, -0.05) is 72.6 Å². The van der Waals surface area contributed by atoms with Crippen molar-refractivity contribution in [1.82, 2.24) is 9.80 Å². The van der Waals surface area contributed by atoms with E-state index in [1.807, 2.05) is 4.90 Å². The van der Waals surface area contributed by atoms with Gasteiger partial charge < -0.3 is 43.5 Å². The quantitative estimate of drug-likeness (QED) is 0.0339. The second kappa shape index (κ2) is 38.5. The van der Waals surface area contributed by atoms with Crippen LogP contribution < -0.4 is 0 Å². The first-order chi connectivity index (χ1) is 28.4. The third-order valence-electron chi connectivity index (χ3n) is 9.83. The highest BCUT2D eigenvalue weighted by atomic mass is 16.7. The predicted molar refractivity (Wildman–Crippen MR) is 222 cm³/mol. The van der Waals surface area contributed by atoms with Gasteiger partial charge in [0.1, 0.15) is 25.4 Å². The molecule has 0 aliphatic rings. The van der Waals surface area contributed by atoms with E-state index in [2.05, 4.69) is 32.6 Å². The van der Waals surface area contributed by atoms with Crippen LogP contribution in [0.5, 0.6) is 0 Å². The number of ether oxygens (including phenoxy) is 6. The summed E-state index contributed by atoms with van der Waals surface area (Å²) >= 11 is 0. The average Bonchev–Trinajstić information content (AvgIpc) is 3.18. The topological polar surface area (TPSA) is 205 Å². The molecule has 0 spiro atoms. The van der Waals surface area contributed by atoms with Crippen molar-refractivity contribution in [3.8, 4) is 0 Å². The fourth-order valence-electron chi connectivity index (χ4n) is 6.20. The number of nitrogens with zero attached hydrogens (tertiary/aromatic N) is 2. The molecule has 16 heteroatoms. The number of likely N-dealkylation sites (N-methyl/N-ethyl adjacent to an activating group) is 1. The Labute approximate surface area is 353 Å². The summed E-state index contributed by atoms with van der Waals surface area (Å²) in [4.78, 5) is 76.1. The minimum Gasteiger partial charge on any atom is -0.481 e. The lowest BCUT2D eigenvalue weighted by molar-refractivity contribution is -0.145. The standard InChI is InChI=1S/C43H78N2O14/c1-5-9-11-13-15-33-55-41(51)27-19-23-37(21-17-25-39(48)49)59-43(53)57-35-31-45(29-28-44(7-3)8-4)30-34-56-42(52)58-36(20-16-24-38(46)47)22-18-26-40(50)54-32-14-12-10-6-2/h36-37H,5-35H2,1-4H3,(H,46,47)(H,48,49). The van der Waals surface area contributed by atoms with Gasteiger partial charge in [-0.15, -0.1) is 0 Å².